The average Bonchev–Trinajstić information content (AvgIpc) is 2.93. The number of esters is 4. The van der Waals surface area contributed by atoms with Crippen molar-refractivity contribution in [2.75, 3.05) is 39.6 Å². The van der Waals surface area contributed by atoms with Crippen LogP contribution in [0.3, 0.4) is 0 Å². The molecule has 0 rings (SSSR count). The molecule has 0 amide bonds. The van der Waals surface area contributed by atoms with E-state index in [1.807, 2.05) is 0 Å². The number of hydrogen-bond donors (Lipinski definition) is 3. The standard InChI is InChI=1S/C74H144O17P2/c1-7-9-11-13-15-17-26-33-40-46-52-58-73(78)90-69(62-84-71(76)56-50-44-38-30-16-14-12-10-8-2)64-88-92(80,81)86-60-68(75)61-87-93(82,83)89-65-70(63-85-72(77)57-51-45-39-35-29-32-37-43-49-55-67(5)6)91-74(79)59-53-47-41-34-28-25-23-21-19-18-20-22-24-27-31-36-42-48-54-66(3)4/h66-70,75H,7-65H2,1-6H3,(H,80,81)(H,82,83)/t68-,69+,70+/m0/s1. The first kappa shape index (κ1) is 91.1. The highest BCUT2D eigenvalue weighted by Gasteiger charge is 2.30. The van der Waals surface area contributed by atoms with Crippen LogP contribution in [0.25, 0.3) is 0 Å². The molecule has 3 N–H and O–H groups in total. The summed E-state index contributed by atoms with van der Waals surface area (Å²) in [6, 6.07) is 0. The Bertz CT molecular complexity index is 1800. The number of phosphoric acid groups is 2. The van der Waals surface area contributed by atoms with Gasteiger partial charge < -0.3 is 33.8 Å². The van der Waals surface area contributed by atoms with Crippen LogP contribution in [0.1, 0.15) is 382 Å². The molecule has 2 unspecified atom stereocenters. The van der Waals surface area contributed by atoms with Gasteiger partial charge in [0.1, 0.15) is 19.3 Å². The van der Waals surface area contributed by atoms with Crippen molar-refractivity contribution >= 4 is 39.5 Å². The number of phosphoric ester groups is 2. The van der Waals surface area contributed by atoms with Crippen LogP contribution in [0, 0.1) is 11.8 Å². The van der Waals surface area contributed by atoms with Gasteiger partial charge in [0.05, 0.1) is 26.4 Å². The van der Waals surface area contributed by atoms with Gasteiger partial charge in [-0.3, -0.25) is 37.3 Å². The van der Waals surface area contributed by atoms with Crippen molar-refractivity contribution in [1.82, 2.24) is 0 Å². The highest BCUT2D eigenvalue weighted by atomic mass is 31.2. The van der Waals surface area contributed by atoms with E-state index in [0.29, 0.717) is 25.7 Å². The van der Waals surface area contributed by atoms with Crippen molar-refractivity contribution in [3.8, 4) is 0 Å². The number of aliphatic hydroxyl groups is 1. The topological polar surface area (TPSA) is 237 Å². The highest BCUT2D eigenvalue weighted by Crippen LogP contribution is 2.45. The summed E-state index contributed by atoms with van der Waals surface area (Å²) in [6.45, 7) is 9.58. The molecule has 19 heteroatoms. The molecule has 17 nitrogen and oxygen atoms in total. The molecule has 5 atom stereocenters. The molecule has 0 aliphatic carbocycles. The zero-order valence-electron chi connectivity index (χ0n) is 60.6. The molecule has 0 saturated carbocycles. The van der Waals surface area contributed by atoms with Gasteiger partial charge in [0.2, 0.25) is 0 Å². The summed E-state index contributed by atoms with van der Waals surface area (Å²) < 4.78 is 68.4. The largest absolute Gasteiger partial charge is 0.472 e. The minimum Gasteiger partial charge on any atom is -0.462 e. The summed E-state index contributed by atoms with van der Waals surface area (Å²) in [7, 11) is -9.90. The Morgan fingerprint density at radius 1 is 0.290 bits per heavy atom. The van der Waals surface area contributed by atoms with Crippen LogP contribution in [0.2, 0.25) is 0 Å². The van der Waals surface area contributed by atoms with Crippen LogP contribution in [-0.2, 0) is 65.4 Å². The van der Waals surface area contributed by atoms with Gasteiger partial charge in [0.15, 0.2) is 12.2 Å². The summed E-state index contributed by atoms with van der Waals surface area (Å²) in [5.74, 6) is -0.556. The molecule has 0 aromatic rings. The zero-order chi connectivity index (χ0) is 68.6. The van der Waals surface area contributed by atoms with E-state index >= 15 is 0 Å². The Hall–Kier alpha value is -1.94. The van der Waals surface area contributed by atoms with Crippen molar-refractivity contribution in [2.45, 2.75) is 400 Å². The van der Waals surface area contributed by atoms with Gasteiger partial charge in [0.25, 0.3) is 0 Å². The molecule has 0 saturated heterocycles. The second-order valence-corrected chi connectivity index (χ2v) is 30.5. The summed E-state index contributed by atoms with van der Waals surface area (Å²) in [4.78, 5) is 72.6. The van der Waals surface area contributed by atoms with Crippen LogP contribution in [0.5, 0.6) is 0 Å². The maximum absolute atomic E-state index is 13.1. The van der Waals surface area contributed by atoms with Crippen LogP contribution >= 0.6 is 15.6 Å². The van der Waals surface area contributed by atoms with Gasteiger partial charge in [-0.15, -0.1) is 0 Å². The van der Waals surface area contributed by atoms with Gasteiger partial charge in [0, 0.05) is 25.7 Å². The number of carbonyl (C=O) groups excluding carboxylic acids is 4. The van der Waals surface area contributed by atoms with E-state index < -0.39 is 97.5 Å². The van der Waals surface area contributed by atoms with E-state index in [0.717, 1.165) is 102 Å². The molecular formula is C74H144O17P2. The number of carbonyl (C=O) groups is 4. The lowest BCUT2D eigenvalue weighted by Gasteiger charge is -2.21. The van der Waals surface area contributed by atoms with Crippen LogP contribution in [-0.4, -0.2) is 96.7 Å². The SMILES string of the molecule is CCCCCCCCCCCCCC(=O)O[C@H](COC(=O)CCCCCCCCCCC)COP(=O)(O)OC[C@H](O)COP(=O)(O)OC[C@@H](COC(=O)CCCCCCCCCCCC(C)C)OC(=O)CCCCCCCCCCCCCCCCCCCCC(C)C. The maximum Gasteiger partial charge on any atom is 0.472 e. The number of unbranched alkanes of at least 4 members (excludes halogenated alkanes) is 43. The third-order valence-electron chi connectivity index (χ3n) is 17.2. The van der Waals surface area contributed by atoms with E-state index in [2.05, 4.69) is 41.5 Å². The van der Waals surface area contributed by atoms with E-state index in [4.69, 9.17) is 37.0 Å². The second kappa shape index (κ2) is 66.0. The molecule has 0 aromatic carbocycles. The molecule has 0 aliphatic rings. The third kappa shape index (κ3) is 68.4. The fourth-order valence-corrected chi connectivity index (χ4v) is 12.9. The Balaban J connectivity index is 5.17. The predicted octanol–water partition coefficient (Wildman–Crippen LogP) is 21.6. The summed E-state index contributed by atoms with van der Waals surface area (Å²) in [5.41, 5.74) is 0. The first-order chi connectivity index (χ1) is 44.9. The van der Waals surface area contributed by atoms with E-state index in [1.165, 1.54) is 199 Å². The minimum atomic E-state index is -4.95. The quantitative estimate of drug-likeness (QED) is 0.0222. The molecule has 93 heavy (non-hydrogen) atoms. The lowest BCUT2D eigenvalue weighted by molar-refractivity contribution is -0.161. The first-order valence-electron chi connectivity index (χ1n) is 38.5. The van der Waals surface area contributed by atoms with Crippen molar-refractivity contribution < 1.29 is 80.2 Å². The Kier molecular flexibility index (Phi) is 64.6. The molecule has 0 radical (unpaired) electrons. The van der Waals surface area contributed by atoms with Crippen molar-refractivity contribution in [3.05, 3.63) is 0 Å². The monoisotopic (exact) mass is 1370 g/mol. The molecule has 0 bridgehead atoms. The summed E-state index contributed by atoms with van der Waals surface area (Å²) >= 11 is 0. The van der Waals surface area contributed by atoms with Gasteiger partial charge in [-0.2, -0.15) is 0 Å². The fourth-order valence-electron chi connectivity index (χ4n) is 11.3. The van der Waals surface area contributed by atoms with Gasteiger partial charge in [-0.1, -0.05) is 330 Å². The maximum atomic E-state index is 13.1. The Labute approximate surface area is 568 Å². The zero-order valence-corrected chi connectivity index (χ0v) is 62.3. The number of hydrogen-bond acceptors (Lipinski definition) is 15. The number of aliphatic hydroxyl groups excluding tert-OH is 1. The van der Waals surface area contributed by atoms with Crippen molar-refractivity contribution in [2.24, 2.45) is 11.8 Å². The smallest absolute Gasteiger partial charge is 0.462 e. The lowest BCUT2D eigenvalue weighted by Crippen LogP contribution is -2.30. The second-order valence-electron chi connectivity index (χ2n) is 27.6. The molecule has 552 valence electrons. The molecule has 0 fully saturated rings. The van der Waals surface area contributed by atoms with Gasteiger partial charge in [-0.25, -0.2) is 9.13 Å². The Morgan fingerprint density at radius 3 is 0.731 bits per heavy atom. The fraction of sp³-hybridized carbons (Fsp3) is 0.946. The summed E-state index contributed by atoms with van der Waals surface area (Å²) in [6.07, 6.45) is 52.8. The van der Waals surface area contributed by atoms with Crippen LogP contribution in [0.15, 0.2) is 0 Å². The summed E-state index contributed by atoms with van der Waals surface area (Å²) in [5, 5.41) is 10.6. The number of ether oxygens (including phenoxy) is 4. The highest BCUT2D eigenvalue weighted by molar-refractivity contribution is 7.47. The molecular weight excluding hydrogens is 1220 g/mol. The molecule has 0 aromatic heterocycles. The van der Waals surface area contributed by atoms with E-state index in [1.54, 1.807) is 0 Å². The first-order valence-corrected chi connectivity index (χ1v) is 41.5. The lowest BCUT2D eigenvalue weighted by atomic mass is 10.0. The predicted molar refractivity (Wildman–Crippen MR) is 377 cm³/mol. The normalized spacial score (nSPS) is 14.1. The van der Waals surface area contributed by atoms with E-state index in [-0.39, 0.29) is 25.7 Å². The molecule has 0 aliphatic heterocycles. The third-order valence-corrected chi connectivity index (χ3v) is 19.1. The van der Waals surface area contributed by atoms with Gasteiger partial charge >= 0.3 is 39.5 Å². The van der Waals surface area contributed by atoms with Crippen LogP contribution < -0.4 is 0 Å². The van der Waals surface area contributed by atoms with Crippen molar-refractivity contribution in [1.29, 1.82) is 0 Å². The van der Waals surface area contributed by atoms with Crippen molar-refractivity contribution in [3.63, 3.8) is 0 Å². The Morgan fingerprint density at radius 2 is 0.495 bits per heavy atom. The minimum absolute atomic E-state index is 0.107. The van der Waals surface area contributed by atoms with E-state index in [9.17, 15) is 43.2 Å². The number of rotatable bonds is 73. The van der Waals surface area contributed by atoms with Crippen LogP contribution in [0.4, 0.5) is 0 Å². The molecule has 0 spiro atoms. The van der Waals surface area contributed by atoms with Gasteiger partial charge in [-0.05, 0) is 37.5 Å². The average molecular weight is 1370 g/mol. The molecule has 0 heterocycles.